The van der Waals surface area contributed by atoms with Gasteiger partial charge in [0.05, 0.1) is 6.61 Å². The maximum absolute atomic E-state index is 11.7. The number of esters is 1. The zero-order valence-corrected chi connectivity index (χ0v) is 19.3. The van der Waals surface area contributed by atoms with Crippen molar-refractivity contribution in [3.05, 3.63) is 58.2 Å². The number of ether oxygens (including phenoxy) is 1. The summed E-state index contributed by atoms with van der Waals surface area (Å²) in [6.07, 6.45) is 21.9. The van der Waals surface area contributed by atoms with Crippen LogP contribution in [-0.2, 0) is 9.53 Å². The van der Waals surface area contributed by atoms with Gasteiger partial charge in [0.25, 0.3) is 0 Å². The van der Waals surface area contributed by atoms with Crippen LogP contribution >= 0.6 is 0 Å². The van der Waals surface area contributed by atoms with Gasteiger partial charge < -0.3 is 4.74 Å². The van der Waals surface area contributed by atoms with Crippen LogP contribution in [0.5, 0.6) is 0 Å². The summed E-state index contributed by atoms with van der Waals surface area (Å²) in [5.74, 6) is -0.261. The number of rotatable bonds is 6. The molecule has 0 aromatic carbocycles. The zero-order valence-electron chi connectivity index (χ0n) is 19.3. The highest BCUT2D eigenvalue weighted by molar-refractivity contribution is 5.83. The summed E-state index contributed by atoms with van der Waals surface area (Å²) in [6, 6.07) is 0. The fourth-order valence-electron chi connectivity index (χ4n) is 4.53. The van der Waals surface area contributed by atoms with Crippen molar-refractivity contribution < 1.29 is 9.53 Å². The molecule has 0 bridgehead atoms. The largest absolute Gasteiger partial charge is 0.463 e. The van der Waals surface area contributed by atoms with E-state index in [0.717, 1.165) is 18.4 Å². The Hall–Kier alpha value is -1.83. The van der Waals surface area contributed by atoms with Gasteiger partial charge in [-0.25, -0.2) is 4.79 Å². The summed E-state index contributed by atoms with van der Waals surface area (Å²) in [5, 5.41) is 0. The number of allylic oxidation sites excluding steroid dienone is 9. The van der Waals surface area contributed by atoms with E-state index in [4.69, 9.17) is 4.74 Å². The summed E-state index contributed by atoms with van der Waals surface area (Å²) in [6.45, 7) is 11.3. The molecule has 2 heteroatoms. The molecule has 0 radical (unpaired) electrons. The first-order valence-electron chi connectivity index (χ1n) is 11.5. The molecule has 0 unspecified atom stereocenters. The fourth-order valence-corrected chi connectivity index (χ4v) is 4.53. The lowest BCUT2D eigenvalue weighted by atomic mass is 9.72. The molecule has 0 saturated heterocycles. The third kappa shape index (κ3) is 7.49. The Morgan fingerprint density at radius 1 is 0.966 bits per heavy atom. The summed E-state index contributed by atoms with van der Waals surface area (Å²) < 4.78 is 5.02. The van der Waals surface area contributed by atoms with Crippen LogP contribution in [0.4, 0.5) is 0 Å². The summed E-state index contributed by atoms with van der Waals surface area (Å²) >= 11 is 0. The zero-order chi connectivity index (χ0) is 21.3. The second-order valence-electron chi connectivity index (χ2n) is 9.20. The first-order valence-corrected chi connectivity index (χ1v) is 11.5. The molecule has 29 heavy (non-hydrogen) atoms. The number of hydrogen-bond acceptors (Lipinski definition) is 2. The molecular formula is C27H40O2. The predicted octanol–water partition coefficient (Wildman–Crippen LogP) is 7.79. The van der Waals surface area contributed by atoms with Gasteiger partial charge in [-0.05, 0) is 93.4 Å². The molecule has 0 spiro atoms. The first kappa shape index (κ1) is 23.4. The standard InChI is InChI=1S/C27H40O2/c1-6-29-26(28)20-21(2)15-16-23-13-9-7-8-10-14-24(23)17-18-25-22(3)12-11-19-27(25,4)5/h15-18,20H,6-14,19H2,1-5H3. The molecule has 0 heterocycles. The van der Waals surface area contributed by atoms with Gasteiger partial charge in [0.15, 0.2) is 0 Å². The predicted molar refractivity (Wildman–Crippen MR) is 124 cm³/mol. The van der Waals surface area contributed by atoms with Gasteiger partial charge in [-0.2, -0.15) is 0 Å². The third-order valence-corrected chi connectivity index (χ3v) is 6.23. The minimum Gasteiger partial charge on any atom is -0.463 e. The maximum atomic E-state index is 11.7. The lowest BCUT2D eigenvalue weighted by Gasteiger charge is -2.33. The van der Waals surface area contributed by atoms with Gasteiger partial charge in [-0.3, -0.25) is 0 Å². The molecule has 0 amide bonds. The van der Waals surface area contributed by atoms with E-state index in [0.29, 0.717) is 6.61 Å². The van der Waals surface area contributed by atoms with Gasteiger partial charge in [0, 0.05) is 6.08 Å². The quantitative estimate of drug-likeness (QED) is 0.260. The molecule has 0 N–H and O–H groups in total. The van der Waals surface area contributed by atoms with E-state index in [9.17, 15) is 4.79 Å². The highest BCUT2D eigenvalue weighted by Crippen LogP contribution is 2.41. The second-order valence-corrected chi connectivity index (χ2v) is 9.20. The number of carbonyl (C=O) groups excluding carboxylic acids is 1. The minimum absolute atomic E-state index is 0.261. The van der Waals surface area contributed by atoms with Crippen LogP contribution in [-0.4, -0.2) is 12.6 Å². The maximum Gasteiger partial charge on any atom is 0.330 e. The van der Waals surface area contributed by atoms with Crippen LogP contribution < -0.4 is 0 Å². The average Bonchev–Trinajstić information content (AvgIpc) is 2.62. The number of hydrogen-bond donors (Lipinski definition) is 0. The van der Waals surface area contributed by atoms with E-state index in [2.05, 4.69) is 45.1 Å². The summed E-state index contributed by atoms with van der Waals surface area (Å²) in [4.78, 5) is 11.7. The molecule has 2 rings (SSSR count). The topological polar surface area (TPSA) is 26.3 Å². The molecule has 0 aromatic heterocycles. The molecule has 0 saturated carbocycles. The average molecular weight is 397 g/mol. The van der Waals surface area contributed by atoms with Crippen molar-refractivity contribution in [2.24, 2.45) is 5.41 Å². The van der Waals surface area contributed by atoms with Crippen molar-refractivity contribution in [3.8, 4) is 0 Å². The van der Waals surface area contributed by atoms with E-state index in [1.165, 1.54) is 61.7 Å². The van der Waals surface area contributed by atoms with E-state index < -0.39 is 0 Å². The molecule has 0 atom stereocenters. The highest BCUT2D eigenvalue weighted by atomic mass is 16.5. The summed E-state index contributed by atoms with van der Waals surface area (Å²) in [5.41, 5.74) is 7.18. The monoisotopic (exact) mass is 396 g/mol. The molecule has 2 nitrogen and oxygen atoms in total. The van der Waals surface area contributed by atoms with Crippen LogP contribution in [0, 0.1) is 5.41 Å². The van der Waals surface area contributed by atoms with Crippen molar-refractivity contribution in [3.63, 3.8) is 0 Å². The fraction of sp³-hybridized carbons (Fsp3) is 0.593. The van der Waals surface area contributed by atoms with E-state index in [1.54, 1.807) is 11.6 Å². The Morgan fingerprint density at radius 3 is 2.24 bits per heavy atom. The van der Waals surface area contributed by atoms with E-state index >= 15 is 0 Å². The van der Waals surface area contributed by atoms with Gasteiger partial charge in [0.2, 0.25) is 0 Å². The van der Waals surface area contributed by atoms with Crippen molar-refractivity contribution in [2.75, 3.05) is 6.61 Å². The molecule has 0 aromatic rings. The van der Waals surface area contributed by atoms with Gasteiger partial charge >= 0.3 is 5.97 Å². The van der Waals surface area contributed by atoms with Crippen LogP contribution in [0.25, 0.3) is 0 Å². The smallest absolute Gasteiger partial charge is 0.330 e. The van der Waals surface area contributed by atoms with Gasteiger partial charge in [-0.1, -0.05) is 56.6 Å². The van der Waals surface area contributed by atoms with Gasteiger partial charge in [0.1, 0.15) is 0 Å². The Labute approximate surface area is 178 Å². The van der Waals surface area contributed by atoms with E-state index in [-0.39, 0.29) is 11.4 Å². The molecule has 0 fully saturated rings. The lowest BCUT2D eigenvalue weighted by molar-refractivity contribution is -0.137. The minimum atomic E-state index is -0.261. The van der Waals surface area contributed by atoms with Crippen LogP contribution in [0.3, 0.4) is 0 Å². The highest BCUT2D eigenvalue weighted by Gasteiger charge is 2.26. The second kappa shape index (κ2) is 11.4. The Balaban J connectivity index is 2.29. The van der Waals surface area contributed by atoms with Crippen molar-refractivity contribution in [1.82, 2.24) is 0 Å². The summed E-state index contributed by atoms with van der Waals surface area (Å²) in [7, 11) is 0. The van der Waals surface area contributed by atoms with Crippen LogP contribution in [0.1, 0.15) is 92.4 Å². The normalized spacial score (nSPS) is 21.6. The Kier molecular flexibility index (Phi) is 9.20. The van der Waals surface area contributed by atoms with Crippen LogP contribution in [0.2, 0.25) is 0 Å². The molecule has 160 valence electrons. The molecule has 0 aliphatic heterocycles. The SMILES string of the molecule is CCOC(=O)C=C(C)C=CC1=C(C=CC2=C(C)CCCC2(C)C)CCCCCC1. The number of carbonyl (C=O) groups is 1. The van der Waals surface area contributed by atoms with Crippen LogP contribution in [0.15, 0.2) is 58.2 Å². The van der Waals surface area contributed by atoms with Gasteiger partial charge in [-0.15, -0.1) is 0 Å². The van der Waals surface area contributed by atoms with Crippen molar-refractivity contribution in [2.45, 2.75) is 92.4 Å². The third-order valence-electron chi connectivity index (χ3n) is 6.23. The Bertz CT molecular complexity index is 726. The molecule has 2 aliphatic rings. The molecule has 2 aliphatic carbocycles. The Morgan fingerprint density at radius 2 is 1.62 bits per heavy atom. The van der Waals surface area contributed by atoms with Crippen molar-refractivity contribution in [1.29, 1.82) is 0 Å². The van der Waals surface area contributed by atoms with Crippen molar-refractivity contribution >= 4 is 5.97 Å². The molecular weight excluding hydrogens is 356 g/mol. The first-order chi connectivity index (χ1) is 13.8. The van der Waals surface area contributed by atoms with E-state index in [1.807, 2.05) is 13.8 Å². The lowest BCUT2D eigenvalue weighted by Crippen LogP contribution is -2.19.